The van der Waals surface area contributed by atoms with Crippen LogP contribution in [0.15, 0.2) is 24.3 Å². The lowest BCUT2D eigenvalue weighted by Crippen LogP contribution is -2.52. The molecule has 2 amide bonds. The highest BCUT2D eigenvalue weighted by atomic mass is 16.5. The molecule has 1 aliphatic heterocycles. The van der Waals surface area contributed by atoms with E-state index in [9.17, 15) is 9.59 Å². The number of nitrogens with zero attached hydrogens (tertiary/aromatic N) is 4. The number of methoxy groups -OCH3 is 1. The first-order chi connectivity index (χ1) is 12.1. The van der Waals surface area contributed by atoms with Gasteiger partial charge in [0.25, 0.3) is 0 Å². The van der Waals surface area contributed by atoms with Crippen LogP contribution in [-0.4, -0.2) is 58.6 Å². The number of carbonyl (C=O) groups is 2. The number of ether oxygens (including phenoxy) is 1. The van der Waals surface area contributed by atoms with Gasteiger partial charge < -0.3 is 14.5 Å². The average Bonchev–Trinajstić information content (AvgIpc) is 3.05. The second kappa shape index (κ2) is 7.33. The van der Waals surface area contributed by atoms with E-state index in [1.54, 1.807) is 16.9 Å². The van der Waals surface area contributed by atoms with Crippen molar-refractivity contribution in [3.8, 4) is 5.75 Å². The SMILES string of the molecule is COc1ccc(N2CCN(C(=O)CCc3n[nH]c(C)n3)CC2=O)cc1. The molecular weight excluding hydrogens is 322 g/mol. The Balaban J connectivity index is 1.55. The second-order valence-corrected chi connectivity index (χ2v) is 5.90. The van der Waals surface area contributed by atoms with Gasteiger partial charge in [-0.25, -0.2) is 4.98 Å². The Morgan fingerprint density at radius 3 is 2.64 bits per heavy atom. The Kier molecular flexibility index (Phi) is 4.97. The third-order valence-corrected chi connectivity index (χ3v) is 4.16. The van der Waals surface area contributed by atoms with Crippen molar-refractivity contribution in [3.05, 3.63) is 35.9 Å². The van der Waals surface area contributed by atoms with Crippen LogP contribution in [0.3, 0.4) is 0 Å². The highest BCUT2D eigenvalue weighted by molar-refractivity contribution is 5.97. The first-order valence-electron chi connectivity index (χ1n) is 8.17. The zero-order valence-corrected chi connectivity index (χ0v) is 14.4. The number of H-pyrrole nitrogens is 1. The van der Waals surface area contributed by atoms with Crippen LogP contribution in [-0.2, 0) is 16.0 Å². The fourth-order valence-electron chi connectivity index (χ4n) is 2.80. The Morgan fingerprint density at radius 2 is 2.04 bits per heavy atom. The summed E-state index contributed by atoms with van der Waals surface area (Å²) in [5, 5.41) is 6.78. The minimum Gasteiger partial charge on any atom is -0.497 e. The molecule has 1 aliphatic rings. The van der Waals surface area contributed by atoms with Crippen LogP contribution in [0.5, 0.6) is 5.75 Å². The van der Waals surface area contributed by atoms with Crippen molar-refractivity contribution in [2.75, 3.05) is 31.6 Å². The summed E-state index contributed by atoms with van der Waals surface area (Å²) in [7, 11) is 1.60. The van der Waals surface area contributed by atoms with Crippen molar-refractivity contribution in [1.29, 1.82) is 0 Å². The predicted octanol–water partition coefficient (Wildman–Crippen LogP) is 0.930. The number of aryl methyl sites for hydroxylation is 2. The van der Waals surface area contributed by atoms with Gasteiger partial charge in [0.05, 0.1) is 7.11 Å². The number of aromatic amines is 1. The van der Waals surface area contributed by atoms with Gasteiger partial charge in [0.15, 0.2) is 5.82 Å². The molecule has 0 radical (unpaired) electrons. The van der Waals surface area contributed by atoms with E-state index in [1.165, 1.54) is 0 Å². The number of nitrogens with one attached hydrogen (secondary N) is 1. The molecule has 1 N–H and O–H groups in total. The molecule has 1 fully saturated rings. The monoisotopic (exact) mass is 343 g/mol. The predicted molar refractivity (Wildman–Crippen MR) is 91.4 cm³/mol. The fourth-order valence-corrected chi connectivity index (χ4v) is 2.80. The summed E-state index contributed by atoms with van der Waals surface area (Å²) in [5.41, 5.74) is 0.814. The number of carbonyl (C=O) groups excluding carboxylic acids is 2. The highest BCUT2D eigenvalue weighted by Gasteiger charge is 2.27. The lowest BCUT2D eigenvalue weighted by molar-refractivity contribution is -0.136. The average molecular weight is 343 g/mol. The molecule has 0 spiro atoms. The van der Waals surface area contributed by atoms with E-state index in [4.69, 9.17) is 4.74 Å². The second-order valence-electron chi connectivity index (χ2n) is 5.90. The van der Waals surface area contributed by atoms with Crippen molar-refractivity contribution in [1.82, 2.24) is 20.1 Å². The summed E-state index contributed by atoms with van der Waals surface area (Å²) in [6.07, 6.45) is 0.767. The molecule has 1 aromatic carbocycles. The third kappa shape index (κ3) is 3.96. The van der Waals surface area contributed by atoms with Crippen LogP contribution in [0, 0.1) is 6.92 Å². The zero-order chi connectivity index (χ0) is 17.8. The molecule has 8 heteroatoms. The van der Waals surface area contributed by atoms with Crippen LogP contribution in [0.4, 0.5) is 5.69 Å². The number of rotatable bonds is 5. The first kappa shape index (κ1) is 16.9. The summed E-state index contributed by atoms with van der Waals surface area (Å²) in [6.45, 7) is 2.91. The van der Waals surface area contributed by atoms with E-state index in [0.29, 0.717) is 31.8 Å². The fraction of sp³-hybridized carbons (Fsp3) is 0.412. The molecule has 0 atom stereocenters. The Bertz CT molecular complexity index is 756. The molecule has 0 unspecified atom stereocenters. The van der Waals surface area contributed by atoms with E-state index >= 15 is 0 Å². The van der Waals surface area contributed by atoms with Crippen LogP contribution in [0.2, 0.25) is 0 Å². The topological polar surface area (TPSA) is 91.4 Å². The summed E-state index contributed by atoms with van der Waals surface area (Å²) in [5.74, 6) is 1.95. The summed E-state index contributed by atoms with van der Waals surface area (Å²) >= 11 is 0. The van der Waals surface area contributed by atoms with Crippen molar-refractivity contribution in [2.45, 2.75) is 19.8 Å². The minimum absolute atomic E-state index is 0.0508. The third-order valence-electron chi connectivity index (χ3n) is 4.16. The number of piperazine rings is 1. The molecule has 2 aromatic rings. The molecule has 0 aliphatic carbocycles. The Morgan fingerprint density at radius 1 is 1.28 bits per heavy atom. The van der Waals surface area contributed by atoms with Crippen molar-refractivity contribution < 1.29 is 14.3 Å². The maximum atomic E-state index is 12.4. The largest absolute Gasteiger partial charge is 0.497 e. The first-order valence-corrected chi connectivity index (χ1v) is 8.17. The van der Waals surface area contributed by atoms with Gasteiger partial charge in [0, 0.05) is 31.6 Å². The molecule has 25 heavy (non-hydrogen) atoms. The lowest BCUT2D eigenvalue weighted by Gasteiger charge is -2.34. The quantitative estimate of drug-likeness (QED) is 0.872. The van der Waals surface area contributed by atoms with Crippen molar-refractivity contribution >= 4 is 17.5 Å². The number of benzene rings is 1. The molecule has 0 saturated carbocycles. The number of amides is 2. The standard InChI is InChI=1S/C17H21N5O3/c1-12-18-15(20-19-12)7-8-16(23)21-9-10-22(17(24)11-21)13-3-5-14(25-2)6-4-13/h3-6H,7-11H2,1-2H3,(H,18,19,20). The van der Waals surface area contributed by atoms with Crippen LogP contribution < -0.4 is 9.64 Å². The lowest BCUT2D eigenvalue weighted by atomic mass is 10.2. The molecule has 1 aromatic heterocycles. The van der Waals surface area contributed by atoms with Crippen molar-refractivity contribution in [2.24, 2.45) is 0 Å². The smallest absolute Gasteiger partial charge is 0.246 e. The van der Waals surface area contributed by atoms with Gasteiger partial charge in [-0.3, -0.25) is 14.7 Å². The molecule has 3 rings (SSSR count). The maximum Gasteiger partial charge on any atom is 0.246 e. The van der Waals surface area contributed by atoms with Gasteiger partial charge >= 0.3 is 0 Å². The van der Waals surface area contributed by atoms with Gasteiger partial charge in [-0.05, 0) is 31.2 Å². The van der Waals surface area contributed by atoms with E-state index in [1.807, 2.05) is 31.2 Å². The molecule has 2 heterocycles. The normalized spacial score (nSPS) is 14.7. The zero-order valence-electron chi connectivity index (χ0n) is 14.4. The number of hydrogen-bond acceptors (Lipinski definition) is 5. The van der Waals surface area contributed by atoms with Crippen molar-refractivity contribution in [3.63, 3.8) is 0 Å². The highest BCUT2D eigenvalue weighted by Crippen LogP contribution is 2.21. The number of anilines is 1. The Labute approximate surface area is 145 Å². The molecule has 132 valence electrons. The maximum absolute atomic E-state index is 12.4. The van der Waals surface area contributed by atoms with Gasteiger partial charge in [-0.2, -0.15) is 5.10 Å². The number of hydrogen-bond donors (Lipinski definition) is 1. The number of aromatic nitrogens is 3. The van der Waals surface area contributed by atoms with E-state index < -0.39 is 0 Å². The van der Waals surface area contributed by atoms with Crippen LogP contribution >= 0.6 is 0 Å². The summed E-state index contributed by atoms with van der Waals surface area (Å²) in [6, 6.07) is 7.33. The molecule has 0 bridgehead atoms. The summed E-state index contributed by atoms with van der Waals surface area (Å²) < 4.78 is 5.13. The molecule has 1 saturated heterocycles. The summed E-state index contributed by atoms with van der Waals surface area (Å²) in [4.78, 5) is 32.2. The van der Waals surface area contributed by atoms with E-state index in [0.717, 1.165) is 17.3 Å². The van der Waals surface area contributed by atoms with Crippen LogP contribution in [0.25, 0.3) is 0 Å². The molecule has 8 nitrogen and oxygen atoms in total. The minimum atomic E-state index is -0.0847. The van der Waals surface area contributed by atoms with Crippen LogP contribution in [0.1, 0.15) is 18.1 Å². The molecular formula is C17H21N5O3. The van der Waals surface area contributed by atoms with E-state index in [-0.39, 0.29) is 18.4 Å². The van der Waals surface area contributed by atoms with Gasteiger partial charge in [0.1, 0.15) is 18.1 Å². The van der Waals surface area contributed by atoms with Gasteiger partial charge in [0.2, 0.25) is 11.8 Å². The van der Waals surface area contributed by atoms with E-state index in [2.05, 4.69) is 15.2 Å². The van der Waals surface area contributed by atoms with Gasteiger partial charge in [-0.15, -0.1) is 0 Å². The van der Waals surface area contributed by atoms with Gasteiger partial charge in [-0.1, -0.05) is 0 Å². The Hall–Kier alpha value is -2.90.